The molecule has 1 amide bonds. The van der Waals surface area contributed by atoms with Crippen LogP contribution in [-0.4, -0.2) is 44.8 Å². The number of ether oxygens (including phenoxy) is 3. The van der Waals surface area contributed by atoms with Crippen LogP contribution in [0.3, 0.4) is 0 Å². The van der Waals surface area contributed by atoms with E-state index in [4.69, 9.17) is 14.2 Å². The second-order valence-electron chi connectivity index (χ2n) is 7.59. The van der Waals surface area contributed by atoms with Crippen LogP contribution in [-0.2, 0) is 20.8 Å². The second kappa shape index (κ2) is 11.8. The van der Waals surface area contributed by atoms with Gasteiger partial charge in [-0.25, -0.2) is 9.78 Å². The Labute approximate surface area is 201 Å². The molecule has 1 saturated heterocycles. The summed E-state index contributed by atoms with van der Waals surface area (Å²) in [7, 11) is 0. The fourth-order valence-electron chi connectivity index (χ4n) is 3.47. The Bertz CT molecular complexity index is 1060. The average Bonchev–Trinajstić information content (AvgIpc) is 3.40. The molecule has 3 aromatic rings. The van der Waals surface area contributed by atoms with Gasteiger partial charge in [0.1, 0.15) is 12.9 Å². The van der Waals surface area contributed by atoms with Gasteiger partial charge in [-0.1, -0.05) is 60.8 Å². The highest BCUT2D eigenvalue weighted by atomic mass is 32.2. The Kier molecular flexibility index (Phi) is 8.31. The van der Waals surface area contributed by atoms with Gasteiger partial charge < -0.3 is 19.3 Å². The number of rotatable bonds is 9. The molecule has 9 nitrogen and oxygen atoms in total. The number of anilines is 1. The molecule has 1 fully saturated rings. The fraction of sp³-hybridized carbons (Fsp3) is 0.292. The van der Waals surface area contributed by atoms with Crippen molar-refractivity contribution in [2.75, 3.05) is 17.7 Å². The lowest BCUT2D eigenvalue weighted by atomic mass is 10.0. The molecule has 34 heavy (non-hydrogen) atoms. The molecule has 0 spiro atoms. The summed E-state index contributed by atoms with van der Waals surface area (Å²) in [6, 6.07) is 15.0. The topological polar surface area (TPSA) is 119 Å². The maximum Gasteiger partial charge on any atom is 0.411 e. The highest BCUT2D eigenvalue weighted by molar-refractivity contribution is 7.99. The van der Waals surface area contributed by atoms with Crippen molar-refractivity contribution in [1.82, 2.24) is 15.2 Å². The molecule has 1 aliphatic heterocycles. The van der Waals surface area contributed by atoms with Crippen LogP contribution < -0.4 is 5.32 Å². The van der Waals surface area contributed by atoms with Crippen LogP contribution in [0, 0.1) is 0 Å². The van der Waals surface area contributed by atoms with E-state index in [2.05, 4.69) is 27.1 Å². The molecule has 1 aromatic heterocycles. The van der Waals surface area contributed by atoms with Gasteiger partial charge in [-0.3, -0.25) is 10.4 Å². The van der Waals surface area contributed by atoms with Crippen LogP contribution >= 0.6 is 11.8 Å². The molecule has 3 atom stereocenters. The van der Waals surface area contributed by atoms with E-state index >= 15 is 0 Å². The summed E-state index contributed by atoms with van der Waals surface area (Å²) in [5.74, 6) is 0.676. The third-order valence-corrected chi connectivity index (χ3v) is 6.18. The Balaban J connectivity index is 1.47. The Morgan fingerprint density at radius 1 is 1.21 bits per heavy atom. The van der Waals surface area contributed by atoms with Crippen molar-refractivity contribution in [3.63, 3.8) is 0 Å². The predicted molar refractivity (Wildman–Crippen MR) is 127 cm³/mol. The van der Waals surface area contributed by atoms with E-state index in [0.717, 1.165) is 21.8 Å². The number of benzene rings is 2. The second-order valence-corrected chi connectivity index (χ2v) is 8.59. The van der Waals surface area contributed by atoms with Gasteiger partial charge >= 0.3 is 6.09 Å². The zero-order chi connectivity index (χ0) is 23.8. The summed E-state index contributed by atoms with van der Waals surface area (Å²) in [5, 5.41) is 19.5. The number of carbonyl (C=O) groups is 1. The van der Waals surface area contributed by atoms with Gasteiger partial charge in [0.15, 0.2) is 11.4 Å². The molecule has 1 aliphatic rings. The number of nitrogens with zero attached hydrogens (tertiary/aromatic N) is 2. The summed E-state index contributed by atoms with van der Waals surface area (Å²) in [6.07, 6.45) is 2.24. The lowest BCUT2D eigenvalue weighted by Crippen LogP contribution is -2.31. The first-order chi connectivity index (χ1) is 16.6. The van der Waals surface area contributed by atoms with Crippen molar-refractivity contribution in [2.45, 2.75) is 36.7 Å². The summed E-state index contributed by atoms with van der Waals surface area (Å²) in [4.78, 5) is 15.9. The van der Waals surface area contributed by atoms with E-state index in [1.54, 1.807) is 12.1 Å². The predicted octanol–water partition coefficient (Wildman–Crippen LogP) is 4.37. The normalized spacial score (nSPS) is 20.0. The third kappa shape index (κ3) is 6.45. The van der Waals surface area contributed by atoms with Gasteiger partial charge in [0.25, 0.3) is 0 Å². The number of hydrogen-bond acceptors (Lipinski definition) is 8. The van der Waals surface area contributed by atoms with Gasteiger partial charge in [-0.15, -0.1) is 0 Å². The Morgan fingerprint density at radius 3 is 2.65 bits per heavy atom. The SMILES string of the molecule is C=CCOC(=O)Nc1ccc(C2OC(CSc3ncn[nH]3)CC(c3ccc(CO)cc3)O2)cc1. The molecule has 0 bridgehead atoms. The minimum atomic E-state index is -0.585. The van der Waals surface area contributed by atoms with E-state index in [1.807, 2.05) is 36.4 Å². The van der Waals surface area contributed by atoms with Crippen LogP contribution in [0.25, 0.3) is 0 Å². The summed E-state index contributed by atoms with van der Waals surface area (Å²) in [6.45, 7) is 3.66. The number of aliphatic hydroxyl groups excluding tert-OH is 1. The third-order valence-electron chi connectivity index (χ3n) is 5.18. The van der Waals surface area contributed by atoms with E-state index in [9.17, 15) is 9.90 Å². The van der Waals surface area contributed by atoms with E-state index in [1.165, 1.54) is 24.2 Å². The number of aromatic amines is 1. The Hall–Kier alpha value is -3.18. The van der Waals surface area contributed by atoms with Crippen LogP contribution in [0.4, 0.5) is 10.5 Å². The highest BCUT2D eigenvalue weighted by Crippen LogP contribution is 2.39. The molecular weight excluding hydrogens is 456 g/mol. The smallest absolute Gasteiger partial charge is 0.411 e. The fourth-order valence-corrected chi connectivity index (χ4v) is 4.27. The van der Waals surface area contributed by atoms with Crippen molar-refractivity contribution in [3.05, 3.63) is 84.2 Å². The van der Waals surface area contributed by atoms with Gasteiger partial charge in [0, 0.05) is 23.4 Å². The number of amides is 1. The van der Waals surface area contributed by atoms with Crippen molar-refractivity contribution in [2.24, 2.45) is 0 Å². The van der Waals surface area contributed by atoms with Crippen molar-refractivity contribution < 1.29 is 24.1 Å². The molecule has 2 aromatic carbocycles. The maximum absolute atomic E-state index is 11.8. The number of aliphatic hydroxyl groups is 1. The Morgan fingerprint density at radius 2 is 1.97 bits per heavy atom. The monoisotopic (exact) mass is 482 g/mol. The molecule has 2 heterocycles. The number of thioether (sulfide) groups is 1. The number of H-pyrrole nitrogens is 1. The molecule has 0 radical (unpaired) electrons. The van der Waals surface area contributed by atoms with Crippen molar-refractivity contribution >= 4 is 23.5 Å². The van der Waals surface area contributed by atoms with E-state index < -0.39 is 12.4 Å². The molecule has 0 saturated carbocycles. The molecule has 4 rings (SSSR count). The maximum atomic E-state index is 11.8. The molecule has 10 heteroatoms. The number of nitrogens with one attached hydrogen (secondary N) is 2. The van der Waals surface area contributed by atoms with Crippen molar-refractivity contribution in [3.8, 4) is 0 Å². The minimum Gasteiger partial charge on any atom is -0.445 e. The number of hydrogen-bond donors (Lipinski definition) is 3. The van der Waals surface area contributed by atoms with Gasteiger partial charge in [0.2, 0.25) is 0 Å². The molecular formula is C24H26N4O5S. The average molecular weight is 483 g/mol. The molecule has 178 valence electrons. The molecule has 3 N–H and O–H groups in total. The van der Waals surface area contributed by atoms with Crippen LogP contribution in [0.2, 0.25) is 0 Å². The lowest BCUT2D eigenvalue weighted by Gasteiger charge is -2.36. The molecule has 3 unspecified atom stereocenters. The van der Waals surface area contributed by atoms with Crippen LogP contribution in [0.15, 0.2) is 72.7 Å². The standard InChI is InChI=1S/C24H26N4O5S/c1-2-11-31-24(30)27-19-9-7-18(8-10-19)22-32-20(14-34-23-25-15-26-28-23)12-21(33-22)17-5-3-16(13-29)4-6-17/h2-10,15,20-22,29H,1,11-14H2,(H,27,30)(H,25,26,28). The zero-order valence-corrected chi connectivity index (χ0v) is 19.2. The zero-order valence-electron chi connectivity index (χ0n) is 18.4. The number of aromatic nitrogens is 3. The highest BCUT2D eigenvalue weighted by Gasteiger charge is 2.32. The van der Waals surface area contributed by atoms with Gasteiger partial charge in [0.05, 0.1) is 18.8 Å². The van der Waals surface area contributed by atoms with E-state index in [-0.39, 0.29) is 25.4 Å². The summed E-state index contributed by atoms with van der Waals surface area (Å²) < 4.78 is 17.5. The minimum absolute atomic E-state index is 0.00446. The number of carbonyl (C=O) groups excluding carboxylic acids is 1. The van der Waals surface area contributed by atoms with Gasteiger partial charge in [-0.05, 0) is 23.3 Å². The largest absolute Gasteiger partial charge is 0.445 e. The lowest BCUT2D eigenvalue weighted by molar-refractivity contribution is -0.245. The molecule has 0 aliphatic carbocycles. The van der Waals surface area contributed by atoms with E-state index in [0.29, 0.717) is 17.9 Å². The quantitative estimate of drug-likeness (QED) is 0.304. The summed E-state index contributed by atoms with van der Waals surface area (Å²) >= 11 is 1.54. The summed E-state index contributed by atoms with van der Waals surface area (Å²) in [5.41, 5.74) is 3.29. The first-order valence-corrected chi connectivity index (χ1v) is 11.8. The first-order valence-electron chi connectivity index (χ1n) is 10.8. The van der Waals surface area contributed by atoms with Gasteiger partial charge in [-0.2, -0.15) is 5.10 Å². The van der Waals surface area contributed by atoms with Crippen molar-refractivity contribution in [1.29, 1.82) is 0 Å². The van der Waals surface area contributed by atoms with Crippen LogP contribution in [0.1, 0.15) is 35.5 Å². The first kappa shape index (κ1) is 24.0. The van der Waals surface area contributed by atoms with Crippen LogP contribution in [0.5, 0.6) is 0 Å².